The van der Waals surface area contributed by atoms with Gasteiger partial charge in [0.15, 0.2) is 11.5 Å². The molecule has 0 aromatic heterocycles. The fraction of sp³-hybridized carbons (Fsp3) is 0.200. The summed E-state index contributed by atoms with van der Waals surface area (Å²) in [7, 11) is 0. The molecular formula is C20H17N3O6. The molecule has 0 aliphatic carbocycles. The Bertz CT molecular complexity index is 991. The lowest BCUT2D eigenvalue weighted by Crippen LogP contribution is -2.38. The van der Waals surface area contributed by atoms with Gasteiger partial charge in [-0.25, -0.2) is 9.69 Å². The van der Waals surface area contributed by atoms with Crippen LogP contribution < -0.4 is 14.8 Å². The molecule has 29 heavy (non-hydrogen) atoms. The van der Waals surface area contributed by atoms with Crippen molar-refractivity contribution in [2.75, 3.05) is 25.1 Å². The SMILES string of the molecule is O=C(CN1C(=O)C(=O)N(Cc2ccccc2)C1=O)Nc1ccc2c(c1)OCCO2. The highest BCUT2D eigenvalue weighted by Crippen LogP contribution is 2.32. The molecule has 2 aliphatic heterocycles. The molecule has 0 atom stereocenters. The van der Waals surface area contributed by atoms with Crippen LogP contribution in [0.2, 0.25) is 0 Å². The zero-order chi connectivity index (χ0) is 20.4. The highest BCUT2D eigenvalue weighted by atomic mass is 16.6. The number of fused-ring (bicyclic) bond motifs is 1. The summed E-state index contributed by atoms with van der Waals surface area (Å²) in [5.74, 6) is -1.53. The first-order valence-electron chi connectivity index (χ1n) is 8.93. The number of nitrogens with zero attached hydrogens (tertiary/aromatic N) is 2. The first-order valence-corrected chi connectivity index (χ1v) is 8.93. The van der Waals surface area contributed by atoms with E-state index < -0.39 is 30.3 Å². The van der Waals surface area contributed by atoms with Crippen molar-refractivity contribution in [1.29, 1.82) is 0 Å². The van der Waals surface area contributed by atoms with Crippen molar-refractivity contribution in [3.63, 3.8) is 0 Å². The maximum Gasteiger partial charge on any atom is 0.335 e. The Kier molecular flexibility index (Phi) is 4.86. The second-order valence-corrected chi connectivity index (χ2v) is 6.46. The van der Waals surface area contributed by atoms with Crippen molar-refractivity contribution in [3.05, 3.63) is 54.1 Å². The number of nitrogens with one attached hydrogen (secondary N) is 1. The molecule has 9 heteroatoms. The molecule has 0 saturated carbocycles. The predicted octanol–water partition coefficient (Wildman–Crippen LogP) is 1.39. The normalized spacial score (nSPS) is 15.7. The summed E-state index contributed by atoms with van der Waals surface area (Å²) < 4.78 is 10.9. The zero-order valence-corrected chi connectivity index (χ0v) is 15.3. The first kappa shape index (κ1) is 18.5. The monoisotopic (exact) mass is 395 g/mol. The first-order chi connectivity index (χ1) is 14.0. The van der Waals surface area contributed by atoms with E-state index in [2.05, 4.69) is 5.32 Å². The van der Waals surface area contributed by atoms with E-state index in [1.54, 1.807) is 48.5 Å². The molecule has 2 aromatic rings. The minimum atomic E-state index is -1.02. The van der Waals surface area contributed by atoms with Crippen LogP contribution in [0, 0.1) is 0 Å². The molecule has 0 bridgehead atoms. The van der Waals surface area contributed by atoms with Crippen molar-refractivity contribution < 1.29 is 28.7 Å². The summed E-state index contributed by atoms with van der Waals surface area (Å²) in [6.07, 6.45) is 0. The average Bonchev–Trinajstić information content (AvgIpc) is 2.93. The third-order valence-electron chi connectivity index (χ3n) is 4.45. The molecule has 1 fully saturated rings. The Balaban J connectivity index is 1.42. The number of amides is 5. The third-order valence-corrected chi connectivity index (χ3v) is 4.45. The quantitative estimate of drug-likeness (QED) is 0.606. The molecule has 5 amide bonds. The van der Waals surface area contributed by atoms with Crippen molar-refractivity contribution in [1.82, 2.24) is 9.80 Å². The lowest BCUT2D eigenvalue weighted by Gasteiger charge is -2.19. The summed E-state index contributed by atoms with van der Waals surface area (Å²) in [6.45, 7) is 0.250. The van der Waals surface area contributed by atoms with Gasteiger partial charge in [0.2, 0.25) is 5.91 Å². The Hall–Kier alpha value is -3.88. The van der Waals surface area contributed by atoms with Crippen LogP contribution in [-0.2, 0) is 20.9 Å². The van der Waals surface area contributed by atoms with Crippen LogP contribution in [-0.4, -0.2) is 53.3 Å². The molecule has 2 aromatic carbocycles. The number of benzene rings is 2. The van der Waals surface area contributed by atoms with E-state index in [4.69, 9.17) is 9.47 Å². The van der Waals surface area contributed by atoms with Crippen LogP contribution in [0.5, 0.6) is 11.5 Å². The number of ether oxygens (including phenoxy) is 2. The molecule has 9 nitrogen and oxygen atoms in total. The molecular weight excluding hydrogens is 378 g/mol. The number of anilines is 1. The fourth-order valence-corrected chi connectivity index (χ4v) is 3.06. The smallest absolute Gasteiger partial charge is 0.335 e. The van der Waals surface area contributed by atoms with Crippen LogP contribution in [0.25, 0.3) is 0 Å². The van der Waals surface area contributed by atoms with E-state index in [0.29, 0.717) is 40.9 Å². The van der Waals surface area contributed by atoms with Gasteiger partial charge in [0.1, 0.15) is 19.8 Å². The summed E-state index contributed by atoms with van der Waals surface area (Å²) >= 11 is 0. The van der Waals surface area contributed by atoms with Crippen molar-refractivity contribution in [2.24, 2.45) is 0 Å². The molecule has 0 radical (unpaired) electrons. The fourth-order valence-electron chi connectivity index (χ4n) is 3.06. The second kappa shape index (κ2) is 7.63. The minimum Gasteiger partial charge on any atom is -0.486 e. The van der Waals surface area contributed by atoms with Gasteiger partial charge in [0.05, 0.1) is 6.54 Å². The lowest BCUT2D eigenvalue weighted by atomic mass is 10.2. The van der Waals surface area contributed by atoms with Crippen LogP contribution >= 0.6 is 0 Å². The van der Waals surface area contributed by atoms with Gasteiger partial charge in [-0.3, -0.25) is 19.3 Å². The largest absolute Gasteiger partial charge is 0.486 e. The summed E-state index contributed by atoms with van der Waals surface area (Å²) in [6, 6.07) is 12.9. The second-order valence-electron chi connectivity index (χ2n) is 6.46. The van der Waals surface area contributed by atoms with E-state index in [1.807, 2.05) is 0 Å². The van der Waals surface area contributed by atoms with Crippen LogP contribution in [0.3, 0.4) is 0 Å². The Morgan fingerprint density at radius 3 is 2.34 bits per heavy atom. The van der Waals surface area contributed by atoms with Crippen molar-refractivity contribution in [3.8, 4) is 11.5 Å². The van der Waals surface area contributed by atoms with Gasteiger partial charge < -0.3 is 14.8 Å². The van der Waals surface area contributed by atoms with Crippen molar-refractivity contribution in [2.45, 2.75) is 6.54 Å². The molecule has 1 N–H and O–H groups in total. The van der Waals surface area contributed by atoms with Crippen molar-refractivity contribution >= 4 is 29.4 Å². The standard InChI is InChI=1S/C20H17N3O6/c24-17(21-14-6-7-15-16(10-14)29-9-8-28-15)12-23-19(26)18(25)22(20(23)27)11-13-4-2-1-3-5-13/h1-7,10H,8-9,11-12H2,(H,21,24). The molecule has 1 saturated heterocycles. The van der Waals surface area contributed by atoms with Gasteiger partial charge in [0, 0.05) is 11.8 Å². The number of urea groups is 1. The average molecular weight is 395 g/mol. The van der Waals surface area contributed by atoms with E-state index in [9.17, 15) is 19.2 Å². The van der Waals surface area contributed by atoms with Gasteiger partial charge in [0.25, 0.3) is 0 Å². The summed E-state index contributed by atoms with van der Waals surface area (Å²) in [5, 5.41) is 2.59. The summed E-state index contributed by atoms with van der Waals surface area (Å²) in [4.78, 5) is 50.7. The Labute approximate surface area is 165 Å². The predicted molar refractivity (Wildman–Crippen MR) is 100 cm³/mol. The van der Waals surface area contributed by atoms with Gasteiger partial charge in [-0.1, -0.05) is 30.3 Å². The number of carbonyl (C=O) groups is 4. The Morgan fingerprint density at radius 2 is 1.59 bits per heavy atom. The van der Waals surface area contributed by atoms with Crippen LogP contribution in [0.15, 0.2) is 48.5 Å². The topological polar surface area (TPSA) is 105 Å². The zero-order valence-electron chi connectivity index (χ0n) is 15.3. The van der Waals surface area contributed by atoms with Gasteiger partial charge in [-0.2, -0.15) is 0 Å². The van der Waals surface area contributed by atoms with E-state index in [-0.39, 0.29) is 6.54 Å². The van der Waals surface area contributed by atoms with E-state index >= 15 is 0 Å². The maximum atomic E-state index is 12.5. The summed E-state index contributed by atoms with van der Waals surface area (Å²) in [5.41, 5.74) is 1.12. The molecule has 4 rings (SSSR count). The van der Waals surface area contributed by atoms with E-state index in [1.165, 1.54) is 0 Å². The third kappa shape index (κ3) is 3.75. The lowest BCUT2D eigenvalue weighted by molar-refractivity contribution is -0.143. The number of hydrogen-bond donors (Lipinski definition) is 1. The van der Waals surface area contributed by atoms with Gasteiger partial charge in [-0.05, 0) is 17.7 Å². The minimum absolute atomic E-state index is 0.0372. The molecule has 0 unspecified atom stereocenters. The molecule has 0 spiro atoms. The highest BCUT2D eigenvalue weighted by molar-refractivity contribution is 6.45. The van der Waals surface area contributed by atoms with E-state index in [0.717, 1.165) is 4.90 Å². The van der Waals surface area contributed by atoms with Gasteiger partial charge in [-0.15, -0.1) is 0 Å². The molecule has 2 aliphatic rings. The van der Waals surface area contributed by atoms with Crippen LogP contribution in [0.4, 0.5) is 10.5 Å². The molecule has 2 heterocycles. The highest BCUT2D eigenvalue weighted by Gasteiger charge is 2.45. The number of carbonyl (C=O) groups excluding carboxylic acids is 4. The van der Waals surface area contributed by atoms with Gasteiger partial charge >= 0.3 is 17.8 Å². The maximum absolute atomic E-state index is 12.5. The number of hydrogen-bond acceptors (Lipinski definition) is 6. The molecule has 148 valence electrons. The van der Waals surface area contributed by atoms with Crippen LogP contribution in [0.1, 0.15) is 5.56 Å². The number of rotatable bonds is 5. The Morgan fingerprint density at radius 1 is 0.897 bits per heavy atom. The number of imide groups is 2.